The smallest absolute Gasteiger partial charge is 0.0616 e. The average molecular weight is 536 g/mol. The number of likely N-dealkylation sites (N-methyl/N-ethyl adjacent to an activating group) is 1. The minimum Gasteiger partial charge on any atom is -0.380 e. The summed E-state index contributed by atoms with van der Waals surface area (Å²) in [6.45, 7) is 7.22. The van der Waals surface area contributed by atoms with Crippen molar-refractivity contribution in [1.82, 2.24) is 5.32 Å². The molecule has 0 aliphatic heterocycles. The highest BCUT2D eigenvalue weighted by atomic mass is 16.5. The van der Waals surface area contributed by atoms with Gasteiger partial charge in [-0.25, -0.2) is 0 Å². The van der Waals surface area contributed by atoms with Crippen LogP contribution in [0.15, 0.2) is 133 Å². The van der Waals surface area contributed by atoms with Crippen molar-refractivity contribution in [2.45, 2.75) is 19.3 Å². The van der Waals surface area contributed by atoms with E-state index in [1.165, 1.54) is 55.7 Å². The summed E-state index contributed by atoms with van der Waals surface area (Å²) in [5.41, 5.74) is 12.3. The van der Waals surface area contributed by atoms with E-state index in [1.807, 2.05) is 0 Å². The maximum atomic E-state index is 6.40. The van der Waals surface area contributed by atoms with E-state index in [0.29, 0.717) is 13.2 Å². The molecule has 204 valence electrons. The molecule has 0 amide bonds. The molecule has 41 heavy (non-hydrogen) atoms. The first-order valence-electron chi connectivity index (χ1n) is 14.7. The molecule has 0 radical (unpaired) electrons. The number of benzene rings is 5. The van der Waals surface area contributed by atoms with E-state index in [9.17, 15) is 0 Å². The van der Waals surface area contributed by atoms with Crippen molar-refractivity contribution in [2.75, 3.05) is 26.3 Å². The van der Waals surface area contributed by atoms with Gasteiger partial charge in [-0.15, -0.1) is 0 Å². The Morgan fingerprint density at radius 1 is 0.561 bits per heavy atom. The lowest BCUT2D eigenvalue weighted by molar-refractivity contribution is 0.113. The van der Waals surface area contributed by atoms with E-state index in [1.54, 1.807) is 0 Å². The van der Waals surface area contributed by atoms with Gasteiger partial charge in [0.1, 0.15) is 0 Å². The monoisotopic (exact) mass is 535 g/mol. The van der Waals surface area contributed by atoms with Gasteiger partial charge in [-0.2, -0.15) is 0 Å². The van der Waals surface area contributed by atoms with E-state index in [0.717, 1.165) is 13.1 Å². The molecular formula is C39H37NO. The predicted octanol–water partition coefficient (Wildman–Crippen LogP) is 8.88. The number of rotatable bonds is 10. The highest BCUT2D eigenvalue weighted by Gasteiger charge is 2.47. The Bertz CT molecular complexity index is 1620. The fourth-order valence-corrected chi connectivity index (χ4v) is 6.44. The van der Waals surface area contributed by atoms with Crippen molar-refractivity contribution in [3.8, 4) is 22.3 Å². The minimum absolute atomic E-state index is 0.368. The van der Waals surface area contributed by atoms with Gasteiger partial charge in [-0.05, 0) is 69.1 Å². The highest BCUT2D eigenvalue weighted by molar-refractivity contribution is 6.12. The lowest BCUT2D eigenvalue weighted by Crippen LogP contribution is -2.42. The van der Waals surface area contributed by atoms with Crippen LogP contribution in [0.3, 0.4) is 0 Å². The molecule has 5 aromatic rings. The molecule has 0 aromatic heterocycles. The third-order valence-electron chi connectivity index (χ3n) is 8.20. The normalized spacial score (nSPS) is 16.1. The summed E-state index contributed by atoms with van der Waals surface area (Å²) in [6, 6.07) is 48.3. The van der Waals surface area contributed by atoms with E-state index < -0.39 is 0 Å². The molecule has 0 spiro atoms. The molecule has 6 rings (SSSR count). The summed E-state index contributed by atoms with van der Waals surface area (Å²) in [5.74, 6) is 0. The third kappa shape index (κ3) is 4.95. The second-order valence-electron chi connectivity index (χ2n) is 10.6. The maximum Gasteiger partial charge on any atom is 0.0616 e. The Hall–Kier alpha value is -4.24. The second kappa shape index (κ2) is 12.1. The van der Waals surface area contributed by atoms with Crippen LogP contribution in [0.5, 0.6) is 0 Å². The molecular weight excluding hydrogens is 498 g/mol. The van der Waals surface area contributed by atoms with Crippen LogP contribution < -0.4 is 5.32 Å². The minimum atomic E-state index is -0.368. The first-order chi connectivity index (χ1) is 20.3. The second-order valence-corrected chi connectivity index (χ2v) is 10.6. The molecule has 1 aliphatic rings. The predicted molar refractivity (Wildman–Crippen MR) is 173 cm³/mol. The van der Waals surface area contributed by atoms with Crippen LogP contribution in [0, 0.1) is 0 Å². The highest BCUT2D eigenvalue weighted by Crippen LogP contribution is 2.57. The Morgan fingerprint density at radius 2 is 1.10 bits per heavy atom. The summed E-state index contributed by atoms with van der Waals surface area (Å²) in [4.78, 5) is 0. The number of ether oxygens (including phenoxy) is 1. The quantitative estimate of drug-likeness (QED) is 0.193. The van der Waals surface area contributed by atoms with E-state index in [-0.39, 0.29) is 5.41 Å². The zero-order chi connectivity index (χ0) is 28.1. The summed E-state index contributed by atoms with van der Waals surface area (Å²) in [6.07, 6.45) is 0. The van der Waals surface area contributed by atoms with Gasteiger partial charge >= 0.3 is 0 Å². The Kier molecular flexibility index (Phi) is 7.95. The standard InChI is InChI=1S/C39H37NO/c1-3-40-27-39(28-41-4-2)34-26-25-33(29-17-9-5-10-18-29)35(30-19-11-6-12-20-30)37(34)36(31-21-13-7-14-22-31)38(39)32-23-15-8-16-24-32/h5-26,40H,3-4,27-28H2,1-2H3. The maximum absolute atomic E-state index is 6.40. The molecule has 0 saturated heterocycles. The fraction of sp³-hybridized carbons (Fsp3) is 0.179. The molecule has 1 N–H and O–H groups in total. The van der Waals surface area contributed by atoms with E-state index >= 15 is 0 Å². The van der Waals surface area contributed by atoms with Crippen molar-refractivity contribution in [3.63, 3.8) is 0 Å². The van der Waals surface area contributed by atoms with Gasteiger partial charge in [0, 0.05) is 13.2 Å². The molecule has 2 heteroatoms. The number of nitrogens with one attached hydrogen (secondary N) is 1. The largest absolute Gasteiger partial charge is 0.380 e. The zero-order valence-corrected chi connectivity index (χ0v) is 23.9. The topological polar surface area (TPSA) is 21.3 Å². The van der Waals surface area contributed by atoms with Gasteiger partial charge in [-0.1, -0.05) is 140 Å². The van der Waals surface area contributed by atoms with Crippen LogP contribution in [0.25, 0.3) is 33.4 Å². The molecule has 5 aromatic carbocycles. The first-order valence-corrected chi connectivity index (χ1v) is 14.7. The van der Waals surface area contributed by atoms with Crippen LogP contribution in [-0.2, 0) is 10.2 Å². The van der Waals surface area contributed by atoms with Gasteiger partial charge in [0.15, 0.2) is 0 Å². The summed E-state index contributed by atoms with van der Waals surface area (Å²) in [7, 11) is 0. The van der Waals surface area contributed by atoms with Gasteiger partial charge in [0.05, 0.1) is 12.0 Å². The van der Waals surface area contributed by atoms with E-state index in [2.05, 4.69) is 153 Å². The van der Waals surface area contributed by atoms with Crippen molar-refractivity contribution < 1.29 is 4.74 Å². The average Bonchev–Trinajstić information content (AvgIpc) is 3.34. The Balaban J connectivity index is 1.80. The molecule has 0 fully saturated rings. The molecule has 1 unspecified atom stereocenters. The van der Waals surface area contributed by atoms with Gasteiger partial charge in [-0.3, -0.25) is 0 Å². The van der Waals surface area contributed by atoms with Crippen molar-refractivity contribution in [2.24, 2.45) is 0 Å². The molecule has 1 aliphatic carbocycles. The van der Waals surface area contributed by atoms with Crippen molar-refractivity contribution >= 4 is 11.1 Å². The third-order valence-corrected chi connectivity index (χ3v) is 8.20. The molecule has 0 saturated carbocycles. The molecule has 1 atom stereocenters. The van der Waals surface area contributed by atoms with Crippen molar-refractivity contribution in [3.05, 3.63) is 156 Å². The number of fused-ring (bicyclic) bond motifs is 1. The van der Waals surface area contributed by atoms with E-state index in [4.69, 9.17) is 4.74 Å². The van der Waals surface area contributed by atoms with Gasteiger partial charge in [0.25, 0.3) is 0 Å². The lowest BCUT2D eigenvalue weighted by Gasteiger charge is -2.35. The van der Waals surface area contributed by atoms with Gasteiger partial charge < -0.3 is 10.1 Å². The van der Waals surface area contributed by atoms with Crippen LogP contribution in [0.4, 0.5) is 0 Å². The van der Waals surface area contributed by atoms with Gasteiger partial charge in [0.2, 0.25) is 0 Å². The SMILES string of the molecule is CCNCC1(COCC)C(c2ccccc2)=C(c2ccccc2)c2c1ccc(-c1ccccc1)c2-c1ccccc1. The van der Waals surface area contributed by atoms with Crippen LogP contribution in [-0.4, -0.2) is 26.3 Å². The molecule has 0 heterocycles. The molecule has 0 bridgehead atoms. The summed E-state index contributed by atoms with van der Waals surface area (Å²) >= 11 is 0. The fourth-order valence-electron chi connectivity index (χ4n) is 6.44. The van der Waals surface area contributed by atoms with Crippen LogP contribution in [0.1, 0.15) is 36.1 Å². The number of hydrogen-bond acceptors (Lipinski definition) is 2. The Labute approximate surface area is 244 Å². The van der Waals surface area contributed by atoms with Crippen molar-refractivity contribution in [1.29, 1.82) is 0 Å². The summed E-state index contributed by atoms with van der Waals surface area (Å²) in [5, 5.41) is 3.74. The van der Waals surface area contributed by atoms with Crippen LogP contribution >= 0.6 is 0 Å². The summed E-state index contributed by atoms with van der Waals surface area (Å²) < 4.78 is 6.40. The van der Waals surface area contributed by atoms with Crippen LogP contribution in [0.2, 0.25) is 0 Å². The lowest BCUT2D eigenvalue weighted by atomic mass is 9.74. The first kappa shape index (κ1) is 27.0. The number of hydrogen-bond donors (Lipinski definition) is 1. The zero-order valence-electron chi connectivity index (χ0n) is 23.9. The Morgan fingerprint density at radius 3 is 1.66 bits per heavy atom. The molecule has 2 nitrogen and oxygen atoms in total.